The van der Waals surface area contributed by atoms with E-state index >= 15 is 0 Å². The average Bonchev–Trinajstić information content (AvgIpc) is 3.27. The average molecular weight is 496 g/mol. The number of pyridine rings is 1. The van der Waals surface area contributed by atoms with Gasteiger partial charge in [0, 0.05) is 24.2 Å². The van der Waals surface area contributed by atoms with E-state index in [2.05, 4.69) is 15.6 Å². The van der Waals surface area contributed by atoms with Crippen LogP contribution in [-0.4, -0.2) is 31.3 Å². The van der Waals surface area contributed by atoms with Gasteiger partial charge in [0.1, 0.15) is 5.82 Å². The van der Waals surface area contributed by atoms with Gasteiger partial charge in [-0.2, -0.15) is 0 Å². The van der Waals surface area contributed by atoms with Crippen LogP contribution in [0.2, 0.25) is 0 Å². The topological polar surface area (TPSA) is 118 Å². The van der Waals surface area contributed by atoms with Crippen molar-refractivity contribution in [3.63, 3.8) is 0 Å². The number of rotatable bonds is 7. The number of benzene rings is 2. The molecule has 2 aromatic heterocycles. The fraction of sp³-hybridized carbons (Fsp3) is 0.160. The van der Waals surface area contributed by atoms with Crippen LogP contribution in [-0.2, 0) is 16.4 Å². The van der Waals surface area contributed by atoms with Crippen LogP contribution in [0.3, 0.4) is 0 Å². The largest absolute Gasteiger partial charge is 0.449 e. The maximum absolute atomic E-state index is 14.1. The third-order valence-electron chi connectivity index (χ3n) is 5.15. The van der Waals surface area contributed by atoms with Crippen molar-refractivity contribution in [3.8, 4) is 0 Å². The Kier molecular flexibility index (Phi) is 6.65. The number of aromatic nitrogens is 1. The van der Waals surface area contributed by atoms with Crippen molar-refractivity contribution in [1.82, 2.24) is 15.6 Å². The molecule has 0 atom stereocenters. The van der Waals surface area contributed by atoms with Crippen LogP contribution in [0.1, 0.15) is 40.3 Å². The number of nitrogens with one attached hydrogen (secondary N) is 2. The van der Waals surface area contributed by atoms with E-state index in [0.717, 1.165) is 23.6 Å². The second kappa shape index (κ2) is 9.67. The summed E-state index contributed by atoms with van der Waals surface area (Å²) in [6, 6.07) is 12.1. The van der Waals surface area contributed by atoms with Crippen molar-refractivity contribution >= 4 is 32.6 Å². The summed E-state index contributed by atoms with van der Waals surface area (Å²) in [7, 11) is -4.00. The first-order valence-corrected chi connectivity index (χ1v) is 12.2. The van der Waals surface area contributed by atoms with Crippen LogP contribution in [0.25, 0.3) is 11.0 Å². The lowest BCUT2D eigenvalue weighted by molar-refractivity contribution is 0.0921. The van der Waals surface area contributed by atoms with E-state index in [9.17, 15) is 22.4 Å². The molecule has 4 aromatic rings. The van der Waals surface area contributed by atoms with E-state index in [0.29, 0.717) is 11.1 Å². The maximum Gasteiger partial charge on any atom is 0.287 e. The van der Waals surface area contributed by atoms with Crippen LogP contribution in [0.5, 0.6) is 0 Å². The molecule has 10 heteroatoms. The molecule has 8 nitrogen and oxygen atoms in total. The number of halogens is 1. The molecule has 0 saturated heterocycles. The van der Waals surface area contributed by atoms with Crippen LogP contribution in [0.4, 0.5) is 4.39 Å². The molecule has 0 unspecified atom stereocenters. The third kappa shape index (κ3) is 5.22. The lowest BCUT2D eigenvalue weighted by Gasteiger charge is -2.11. The molecule has 2 amide bonds. The summed E-state index contributed by atoms with van der Waals surface area (Å²) >= 11 is 0. The molecule has 0 radical (unpaired) electrons. The van der Waals surface area contributed by atoms with Crippen molar-refractivity contribution < 1.29 is 26.8 Å². The number of hydrogen-bond acceptors (Lipinski definition) is 6. The molecule has 0 aliphatic heterocycles. The minimum atomic E-state index is -4.00. The van der Waals surface area contributed by atoms with E-state index in [4.69, 9.17) is 4.42 Å². The van der Waals surface area contributed by atoms with Crippen molar-refractivity contribution in [2.75, 3.05) is 0 Å². The zero-order chi connectivity index (χ0) is 25.2. The Labute approximate surface area is 201 Å². The van der Waals surface area contributed by atoms with Crippen molar-refractivity contribution in [3.05, 3.63) is 89.7 Å². The molecule has 180 valence electrons. The first-order valence-electron chi connectivity index (χ1n) is 10.7. The third-order valence-corrected chi connectivity index (χ3v) is 6.91. The van der Waals surface area contributed by atoms with Gasteiger partial charge < -0.3 is 15.1 Å². The van der Waals surface area contributed by atoms with Gasteiger partial charge in [-0.3, -0.25) is 14.6 Å². The van der Waals surface area contributed by atoms with Crippen LogP contribution in [0, 0.1) is 5.82 Å². The number of carbonyl (C=O) groups excluding carboxylic acids is 2. The van der Waals surface area contributed by atoms with E-state index in [1.54, 1.807) is 44.3 Å². The monoisotopic (exact) mass is 495 g/mol. The van der Waals surface area contributed by atoms with Gasteiger partial charge in [0.15, 0.2) is 11.3 Å². The van der Waals surface area contributed by atoms with Crippen molar-refractivity contribution in [2.45, 2.75) is 36.2 Å². The Hall–Kier alpha value is -4.05. The first kappa shape index (κ1) is 24.1. The van der Waals surface area contributed by atoms with E-state index in [1.165, 1.54) is 18.3 Å². The molecule has 35 heavy (non-hydrogen) atoms. The predicted molar refractivity (Wildman–Crippen MR) is 126 cm³/mol. The highest BCUT2D eigenvalue weighted by Gasteiger charge is 2.22. The van der Waals surface area contributed by atoms with E-state index < -0.39 is 27.5 Å². The summed E-state index contributed by atoms with van der Waals surface area (Å²) in [5, 5.41) is 6.02. The van der Waals surface area contributed by atoms with E-state index in [1.807, 2.05) is 0 Å². The Bertz CT molecular complexity index is 1480. The summed E-state index contributed by atoms with van der Waals surface area (Å²) in [6.07, 6.45) is 3.12. The zero-order valence-electron chi connectivity index (χ0n) is 18.9. The van der Waals surface area contributed by atoms with Gasteiger partial charge in [-0.25, -0.2) is 12.8 Å². The van der Waals surface area contributed by atoms with Gasteiger partial charge in [0.25, 0.3) is 11.8 Å². The normalized spacial score (nSPS) is 11.5. The van der Waals surface area contributed by atoms with Crippen LogP contribution in [0.15, 0.2) is 81.2 Å². The molecule has 0 aliphatic carbocycles. The highest BCUT2D eigenvalue weighted by Crippen LogP contribution is 2.24. The summed E-state index contributed by atoms with van der Waals surface area (Å²) in [6.45, 7) is 3.58. The van der Waals surface area contributed by atoms with Crippen molar-refractivity contribution in [1.29, 1.82) is 0 Å². The van der Waals surface area contributed by atoms with Gasteiger partial charge in [-0.15, -0.1) is 0 Å². The molecule has 0 aliphatic rings. The SMILES string of the molecule is CC(C)NC(=O)c1cc(S(=O)(=O)c2ccc(CNC(=O)c3cc4ccncc4o3)cc2)ccc1F. The second-order valence-corrected chi connectivity index (χ2v) is 10.1. The maximum atomic E-state index is 14.1. The molecule has 2 aromatic carbocycles. The molecule has 0 saturated carbocycles. The number of nitrogens with zero attached hydrogens (tertiary/aromatic N) is 1. The fourth-order valence-electron chi connectivity index (χ4n) is 3.37. The summed E-state index contributed by atoms with van der Waals surface area (Å²) < 4.78 is 45.7. The molecule has 0 bridgehead atoms. The first-order chi connectivity index (χ1) is 16.6. The quantitative estimate of drug-likeness (QED) is 0.376. The molecule has 4 rings (SSSR count). The van der Waals surface area contributed by atoms with Gasteiger partial charge >= 0.3 is 0 Å². The standard InChI is InChI=1S/C25H22FN3O5S/c1-15(2)29-24(30)20-12-19(7-8-21(20)26)35(32,33)18-5-3-16(4-6-18)13-28-25(31)22-11-17-9-10-27-14-23(17)34-22/h3-12,14-15H,13H2,1-2H3,(H,28,31)(H,29,30). The lowest BCUT2D eigenvalue weighted by Crippen LogP contribution is -2.30. The molecule has 0 spiro atoms. The molecular formula is C25H22FN3O5S. The number of sulfone groups is 1. The summed E-state index contributed by atoms with van der Waals surface area (Å²) in [5.41, 5.74) is 0.810. The molecule has 2 heterocycles. The van der Waals surface area contributed by atoms with Crippen LogP contribution < -0.4 is 10.6 Å². The Balaban J connectivity index is 1.47. The Morgan fingerprint density at radius 1 is 1.00 bits per heavy atom. The summed E-state index contributed by atoms with van der Waals surface area (Å²) in [4.78, 5) is 28.3. The molecular weight excluding hydrogens is 473 g/mol. The van der Waals surface area contributed by atoms with Gasteiger partial charge in [-0.1, -0.05) is 12.1 Å². The smallest absolute Gasteiger partial charge is 0.287 e. The number of hydrogen-bond donors (Lipinski definition) is 2. The van der Waals surface area contributed by atoms with E-state index in [-0.39, 0.29) is 33.7 Å². The summed E-state index contributed by atoms with van der Waals surface area (Å²) in [5.74, 6) is -1.78. The highest BCUT2D eigenvalue weighted by atomic mass is 32.2. The van der Waals surface area contributed by atoms with Crippen LogP contribution >= 0.6 is 0 Å². The molecule has 0 fully saturated rings. The van der Waals surface area contributed by atoms with Gasteiger partial charge in [0.2, 0.25) is 9.84 Å². The minimum Gasteiger partial charge on any atom is -0.449 e. The predicted octanol–water partition coefficient (Wildman–Crippen LogP) is 3.87. The molecule has 2 N–H and O–H groups in total. The fourth-order valence-corrected chi connectivity index (χ4v) is 4.66. The lowest BCUT2D eigenvalue weighted by atomic mass is 10.2. The Morgan fingerprint density at radius 3 is 2.40 bits per heavy atom. The Morgan fingerprint density at radius 2 is 1.71 bits per heavy atom. The number of carbonyl (C=O) groups is 2. The number of furan rings is 1. The van der Waals surface area contributed by atoms with Gasteiger partial charge in [0.05, 0.1) is 21.6 Å². The number of fused-ring (bicyclic) bond motifs is 1. The number of amides is 2. The van der Waals surface area contributed by atoms with Crippen molar-refractivity contribution in [2.24, 2.45) is 0 Å². The zero-order valence-corrected chi connectivity index (χ0v) is 19.7. The van der Waals surface area contributed by atoms with Gasteiger partial charge in [-0.05, 0) is 61.9 Å². The highest BCUT2D eigenvalue weighted by molar-refractivity contribution is 7.91. The minimum absolute atomic E-state index is 0.0285. The second-order valence-electron chi connectivity index (χ2n) is 8.12.